The fourth-order valence-corrected chi connectivity index (χ4v) is 4.30. The first-order chi connectivity index (χ1) is 16.7. The number of carbonyl (C=O) groups excluding carboxylic acids is 1. The number of aromatic nitrogens is 3. The van der Waals surface area contributed by atoms with E-state index in [-0.39, 0.29) is 23.6 Å². The first-order valence-corrected chi connectivity index (χ1v) is 12.0. The van der Waals surface area contributed by atoms with E-state index in [9.17, 15) is 4.79 Å². The Labute approximate surface area is 205 Å². The summed E-state index contributed by atoms with van der Waals surface area (Å²) in [6, 6.07) is 5.88. The lowest BCUT2D eigenvalue weighted by atomic mass is 9.97. The second-order valence-electron chi connectivity index (χ2n) is 10.0. The summed E-state index contributed by atoms with van der Waals surface area (Å²) in [5.41, 5.74) is 3.08. The minimum Gasteiger partial charge on any atom is -0.368 e. The van der Waals surface area contributed by atoms with Crippen molar-refractivity contribution < 1.29 is 13.7 Å². The van der Waals surface area contributed by atoms with Crippen LogP contribution in [0.4, 0.5) is 10.1 Å². The fraction of sp³-hybridized carbons (Fsp3) is 0.462. The lowest BCUT2D eigenvalue weighted by Crippen LogP contribution is -2.44. The fourth-order valence-electron chi connectivity index (χ4n) is 4.30. The largest absolute Gasteiger partial charge is 0.368 e. The molecule has 1 amide bonds. The average molecular weight is 481 g/mol. The molecule has 0 aliphatic carbocycles. The van der Waals surface area contributed by atoms with Crippen molar-refractivity contribution >= 4 is 11.6 Å². The molecule has 0 unspecified atom stereocenters. The standard InChI is InChI=1S/C26H33FN6O2/c1-16-17(13-30-24(34)23-31-25(35-32-23)26(2,3)4)8-9-20(22(16)27)19-10-11-29-14-21(19)33-12-6-7-18(15-33)28-5/h8-11,14,18,28H,6-7,12-13,15H2,1-5H3,(H,30,34)/t18-/m1/s1. The highest BCUT2D eigenvalue weighted by Crippen LogP contribution is 2.35. The number of pyridine rings is 1. The number of hydrogen-bond acceptors (Lipinski definition) is 7. The van der Waals surface area contributed by atoms with Gasteiger partial charge in [-0.1, -0.05) is 38.1 Å². The molecule has 3 heterocycles. The molecule has 1 fully saturated rings. The van der Waals surface area contributed by atoms with E-state index in [0.717, 1.165) is 37.2 Å². The molecule has 1 atom stereocenters. The van der Waals surface area contributed by atoms with Crippen molar-refractivity contribution in [3.05, 3.63) is 59.3 Å². The second-order valence-corrected chi connectivity index (χ2v) is 10.0. The summed E-state index contributed by atoms with van der Waals surface area (Å²) in [7, 11) is 1.97. The Kier molecular flexibility index (Phi) is 7.16. The van der Waals surface area contributed by atoms with E-state index in [0.29, 0.717) is 28.6 Å². The summed E-state index contributed by atoms with van der Waals surface area (Å²) in [5, 5.41) is 9.88. The highest BCUT2D eigenvalue weighted by molar-refractivity contribution is 5.90. The van der Waals surface area contributed by atoms with Crippen LogP contribution in [0.5, 0.6) is 0 Å². The van der Waals surface area contributed by atoms with Crippen molar-refractivity contribution in [3.63, 3.8) is 0 Å². The number of hydrogen-bond donors (Lipinski definition) is 2. The van der Waals surface area contributed by atoms with Gasteiger partial charge in [-0.15, -0.1) is 0 Å². The van der Waals surface area contributed by atoms with Crippen LogP contribution in [0.15, 0.2) is 35.1 Å². The lowest BCUT2D eigenvalue weighted by Gasteiger charge is -2.35. The third kappa shape index (κ3) is 5.35. The zero-order valence-electron chi connectivity index (χ0n) is 21.0. The van der Waals surface area contributed by atoms with E-state index in [1.807, 2.05) is 46.1 Å². The van der Waals surface area contributed by atoms with E-state index in [1.54, 1.807) is 19.2 Å². The number of anilines is 1. The summed E-state index contributed by atoms with van der Waals surface area (Å²) >= 11 is 0. The molecule has 1 aromatic carbocycles. The smallest absolute Gasteiger partial charge is 0.292 e. The van der Waals surface area contributed by atoms with Gasteiger partial charge in [-0.3, -0.25) is 9.78 Å². The first-order valence-electron chi connectivity index (χ1n) is 12.0. The summed E-state index contributed by atoms with van der Waals surface area (Å²) in [4.78, 5) is 23.3. The minimum atomic E-state index is -0.464. The number of rotatable bonds is 6. The van der Waals surface area contributed by atoms with Gasteiger partial charge in [-0.2, -0.15) is 4.98 Å². The zero-order valence-corrected chi connectivity index (χ0v) is 21.0. The highest BCUT2D eigenvalue weighted by atomic mass is 19.1. The Morgan fingerprint density at radius 2 is 2.06 bits per heavy atom. The third-order valence-corrected chi connectivity index (χ3v) is 6.47. The Balaban J connectivity index is 1.53. The lowest BCUT2D eigenvalue weighted by molar-refractivity contribution is 0.0937. The zero-order chi connectivity index (χ0) is 25.2. The van der Waals surface area contributed by atoms with Crippen molar-refractivity contribution in [3.8, 4) is 11.1 Å². The maximum absolute atomic E-state index is 15.6. The molecule has 8 nitrogen and oxygen atoms in total. The van der Waals surface area contributed by atoms with E-state index < -0.39 is 5.91 Å². The maximum Gasteiger partial charge on any atom is 0.292 e. The van der Waals surface area contributed by atoms with Crippen molar-refractivity contribution in [2.45, 2.75) is 58.5 Å². The molecule has 4 rings (SSSR count). The molecule has 9 heteroatoms. The molecule has 1 aliphatic heterocycles. The number of nitrogens with zero attached hydrogens (tertiary/aromatic N) is 4. The first kappa shape index (κ1) is 24.8. The van der Waals surface area contributed by atoms with Crippen LogP contribution in [-0.2, 0) is 12.0 Å². The summed E-state index contributed by atoms with van der Waals surface area (Å²) < 4.78 is 20.8. The van der Waals surface area contributed by atoms with E-state index in [2.05, 4.69) is 30.7 Å². The Morgan fingerprint density at radius 3 is 2.77 bits per heavy atom. The molecule has 1 aliphatic rings. The van der Waals surface area contributed by atoms with Crippen molar-refractivity contribution in [2.75, 3.05) is 25.0 Å². The van der Waals surface area contributed by atoms with Crippen LogP contribution < -0.4 is 15.5 Å². The van der Waals surface area contributed by atoms with Crippen LogP contribution in [0.1, 0.15) is 61.2 Å². The van der Waals surface area contributed by atoms with Crippen LogP contribution in [0.2, 0.25) is 0 Å². The Hall–Kier alpha value is -3.33. The third-order valence-electron chi connectivity index (χ3n) is 6.47. The topological polar surface area (TPSA) is 96.2 Å². The molecule has 1 saturated heterocycles. The van der Waals surface area contributed by atoms with Gasteiger partial charge in [0, 0.05) is 48.4 Å². The van der Waals surface area contributed by atoms with Gasteiger partial charge in [0.05, 0.1) is 11.9 Å². The van der Waals surface area contributed by atoms with E-state index >= 15 is 4.39 Å². The molecule has 0 spiro atoms. The van der Waals surface area contributed by atoms with Gasteiger partial charge in [-0.25, -0.2) is 4.39 Å². The number of halogens is 1. The van der Waals surface area contributed by atoms with Gasteiger partial charge in [0.1, 0.15) is 5.82 Å². The van der Waals surface area contributed by atoms with E-state index in [1.165, 1.54) is 0 Å². The van der Waals surface area contributed by atoms with E-state index in [4.69, 9.17) is 4.52 Å². The number of carbonyl (C=O) groups is 1. The molecule has 0 radical (unpaired) electrons. The van der Waals surface area contributed by atoms with Crippen molar-refractivity contribution in [1.82, 2.24) is 25.8 Å². The van der Waals surface area contributed by atoms with Crippen molar-refractivity contribution in [1.29, 1.82) is 0 Å². The maximum atomic E-state index is 15.6. The normalized spacial score (nSPS) is 16.4. The number of piperidine rings is 1. The number of amides is 1. The van der Waals surface area contributed by atoms with Gasteiger partial charge >= 0.3 is 0 Å². The van der Waals surface area contributed by atoms with Gasteiger partial charge in [-0.05, 0) is 44.0 Å². The van der Waals surface area contributed by atoms with Gasteiger partial charge in [0.2, 0.25) is 5.89 Å². The monoisotopic (exact) mass is 480 g/mol. The van der Waals surface area contributed by atoms with Crippen LogP contribution in [0, 0.1) is 12.7 Å². The van der Waals surface area contributed by atoms with Gasteiger partial charge in [0.15, 0.2) is 0 Å². The molecular formula is C26H33FN6O2. The number of likely N-dealkylation sites (N-methyl/N-ethyl adjacent to an activating group) is 1. The Morgan fingerprint density at radius 1 is 1.26 bits per heavy atom. The molecule has 186 valence electrons. The molecule has 3 aromatic rings. The quantitative estimate of drug-likeness (QED) is 0.551. The van der Waals surface area contributed by atoms with Crippen LogP contribution in [0.3, 0.4) is 0 Å². The molecule has 0 bridgehead atoms. The molecule has 0 saturated carbocycles. The Bertz CT molecular complexity index is 1200. The predicted octanol–water partition coefficient (Wildman–Crippen LogP) is 3.99. The summed E-state index contributed by atoms with van der Waals surface area (Å²) in [5.74, 6) is -0.417. The predicted molar refractivity (Wildman–Crippen MR) is 133 cm³/mol. The summed E-state index contributed by atoms with van der Waals surface area (Å²) in [6.45, 7) is 9.42. The van der Waals surface area contributed by atoms with Crippen LogP contribution >= 0.6 is 0 Å². The molecule has 2 aromatic heterocycles. The molecular weight excluding hydrogens is 447 g/mol. The van der Waals surface area contributed by atoms with Crippen LogP contribution in [-0.4, -0.2) is 47.2 Å². The summed E-state index contributed by atoms with van der Waals surface area (Å²) in [6.07, 6.45) is 5.69. The van der Waals surface area contributed by atoms with Gasteiger partial charge in [0.25, 0.3) is 11.7 Å². The molecule has 35 heavy (non-hydrogen) atoms. The second kappa shape index (κ2) is 10.1. The number of benzene rings is 1. The molecule has 2 N–H and O–H groups in total. The average Bonchev–Trinajstić information content (AvgIpc) is 3.36. The minimum absolute atomic E-state index is 0.0347. The van der Waals surface area contributed by atoms with Gasteiger partial charge < -0.3 is 20.1 Å². The van der Waals surface area contributed by atoms with Crippen molar-refractivity contribution in [2.24, 2.45) is 0 Å². The van der Waals surface area contributed by atoms with Crippen LogP contribution in [0.25, 0.3) is 11.1 Å². The number of nitrogens with one attached hydrogen (secondary N) is 2. The SMILES string of the molecule is CN[C@@H]1CCCN(c2cnccc2-c2ccc(CNC(=O)c3noc(C(C)(C)C)n3)c(C)c2F)C1. The highest BCUT2D eigenvalue weighted by Gasteiger charge is 2.25.